The summed E-state index contributed by atoms with van der Waals surface area (Å²) in [5, 5.41) is 6.58. The van der Waals surface area contributed by atoms with Crippen LogP contribution in [0.4, 0.5) is 0 Å². The summed E-state index contributed by atoms with van der Waals surface area (Å²) in [7, 11) is 0. The fraction of sp³-hybridized carbons (Fsp3) is 0.583. The maximum absolute atomic E-state index is 4.42. The van der Waals surface area contributed by atoms with E-state index in [0.29, 0.717) is 0 Å². The standard InChI is InChI=1S/C10H15N3.C2H6/c1-10(2)4-3-8-9(13-7-10)12-6-5-11-8;1-2/h3-4,7,11-12H,5-6H2,1-2H3;1-2H3. The van der Waals surface area contributed by atoms with E-state index in [9.17, 15) is 0 Å². The van der Waals surface area contributed by atoms with Gasteiger partial charge in [-0.2, -0.15) is 0 Å². The van der Waals surface area contributed by atoms with Crippen LogP contribution in [0.5, 0.6) is 0 Å². The van der Waals surface area contributed by atoms with E-state index >= 15 is 0 Å². The largest absolute Gasteiger partial charge is 0.380 e. The fourth-order valence-corrected chi connectivity index (χ4v) is 1.38. The second kappa shape index (κ2) is 5.01. The van der Waals surface area contributed by atoms with Crippen LogP contribution in [0.1, 0.15) is 27.7 Å². The quantitative estimate of drug-likeness (QED) is 0.638. The molecule has 0 atom stereocenters. The molecule has 0 saturated carbocycles. The molecule has 0 unspecified atom stereocenters. The molecule has 2 aliphatic rings. The molecule has 2 aliphatic heterocycles. The van der Waals surface area contributed by atoms with Crippen LogP contribution >= 0.6 is 0 Å². The average Bonchev–Trinajstić information content (AvgIpc) is 2.42. The van der Waals surface area contributed by atoms with E-state index in [1.165, 1.54) is 0 Å². The predicted octanol–water partition coefficient (Wildman–Crippen LogP) is 2.04. The fourth-order valence-electron chi connectivity index (χ4n) is 1.38. The van der Waals surface area contributed by atoms with Gasteiger partial charge in [-0.05, 0) is 6.08 Å². The molecule has 3 nitrogen and oxygen atoms in total. The van der Waals surface area contributed by atoms with Gasteiger partial charge in [0.1, 0.15) is 5.82 Å². The Balaban J connectivity index is 0.000000531. The second-order valence-corrected chi connectivity index (χ2v) is 4.03. The third-order valence-electron chi connectivity index (χ3n) is 2.19. The molecule has 15 heavy (non-hydrogen) atoms. The summed E-state index contributed by atoms with van der Waals surface area (Å²) < 4.78 is 0. The normalized spacial score (nSPS) is 21.6. The molecule has 0 radical (unpaired) electrons. The summed E-state index contributed by atoms with van der Waals surface area (Å²) in [6, 6.07) is 0. The van der Waals surface area contributed by atoms with Gasteiger partial charge in [-0.1, -0.05) is 33.8 Å². The zero-order valence-electron chi connectivity index (χ0n) is 10.1. The molecule has 2 rings (SSSR count). The highest BCUT2D eigenvalue weighted by atomic mass is 15.1. The first-order valence-electron chi connectivity index (χ1n) is 5.64. The summed E-state index contributed by atoms with van der Waals surface area (Å²) >= 11 is 0. The molecule has 0 aromatic heterocycles. The molecular weight excluding hydrogens is 186 g/mol. The summed E-state index contributed by atoms with van der Waals surface area (Å²) in [4.78, 5) is 4.42. The van der Waals surface area contributed by atoms with E-state index in [2.05, 4.69) is 41.6 Å². The van der Waals surface area contributed by atoms with Crippen molar-refractivity contribution in [3.8, 4) is 0 Å². The molecule has 0 aromatic carbocycles. The van der Waals surface area contributed by atoms with Gasteiger partial charge < -0.3 is 10.6 Å². The van der Waals surface area contributed by atoms with Gasteiger partial charge in [-0.3, -0.25) is 0 Å². The Bertz CT molecular complexity index is 270. The smallest absolute Gasteiger partial charge is 0.149 e. The van der Waals surface area contributed by atoms with E-state index in [0.717, 1.165) is 24.6 Å². The molecule has 2 heterocycles. The molecule has 3 heteroatoms. The van der Waals surface area contributed by atoms with E-state index in [1.807, 2.05) is 20.1 Å². The Morgan fingerprint density at radius 2 is 1.87 bits per heavy atom. The van der Waals surface area contributed by atoms with Crippen molar-refractivity contribution < 1.29 is 0 Å². The Morgan fingerprint density at radius 1 is 1.20 bits per heavy atom. The lowest BCUT2D eigenvalue weighted by molar-refractivity contribution is 0.657. The lowest BCUT2D eigenvalue weighted by Gasteiger charge is -2.17. The SMILES string of the molecule is CC.CC1(C)C=CC2=C(N=C1)NCCN2. The minimum Gasteiger partial charge on any atom is -0.380 e. The van der Waals surface area contributed by atoms with Crippen molar-refractivity contribution in [3.63, 3.8) is 0 Å². The van der Waals surface area contributed by atoms with Gasteiger partial charge in [-0.15, -0.1) is 0 Å². The van der Waals surface area contributed by atoms with E-state index in [4.69, 9.17) is 0 Å². The number of allylic oxidation sites excluding steroid dienone is 2. The first kappa shape index (κ1) is 11.8. The molecule has 0 amide bonds. The van der Waals surface area contributed by atoms with E-state index in [1.54, 1.807) is 0 Å². The molecule has 0 spiro atoms. The lowest BCUT2D eigenvalue weighted by atomic mass is 9.95. The number of hydrogen-bond acceptors (Lipinski definition) is 3. The van der Waals surface area contributed by atoms with Crippen LogP contribution in [0.2, 0.25) is 0 Å². The van der Waals surface area contributed by atoms with Crippen molar-refractivity contribution in [2.24, 2.45) is 10.4 Å². The molecule has 0 aromatic rings. The van der Waals surface area contributed by atoms with E-state index in [-0.39, 0.29) is 5.41 Å². The van der Waals surface area contributed by atoms with Crippen molar-refractivity contribution in [3.05, 3.63) is 23.7 Å². The summed E-state index contributed by atoms with van der Waals surface area (Å²) in [5.41, 5.74) is 1.16. The summed E-state index contributed by atoms with van der Waals surface area (Å²) in [5.74, 6) is 0.966. The van der Waals surface area contributed by atoms with Crippen molar-refractivity contribution in [2.75, 3.05) is 13.1 Å². The number of rotatable bonds is 0. The van der Waals surface area contributed by atoms with Crippen LogP contribution in [0.15, 0.2) is 28.7 Å². The van der Waals surface area contributed by atoms with Crippen molar-refractivity contribution in [1.29, 1.82) is 0 Å². The number of nitrogens with zero attached hydrogens (tertiary/aromatic N) is 1. The highest BCUT2D eigenvalue weighted by Gasteiger charge is 2.16. The van der Waals surface area contributed by atoms with Gasteiger partial charge >= 0.3 is 0 Å². The summed E-state index contributed by atoms with van der Waals surface area (Å²) in [6.07, 6.45) is 6.25. The van der Waals surface area contributed by atoms with Gasteiger partial charge in [0.25, 0.3) is 0 Å². The van der Waals surface area contributed by atoms with Crippen LogP contribution in [0.25, 0.3) is 0 Å². The van der Waals surface area contributed by atoms with Crippen LogP contribution in [0.3, 0.4) is 0 Å². The monoisotopic (exact) mass is 207 g/mol. The van der Waals surface area contributed by atoms with Crippen LogP contribution < -0.4 is 10.6 Å². The maximum Gasteiger partial charge on any atom is 0.149 e. The zero-order chi connectivity index (χ0) is 11.3. The number of hydrogen-bond donors (Lipinski definition) is 2. The van der Waals surface area contributed by atoms with Crippen molar-refractivity contribution in [2.45, 2.75) is 27.7 Å². The highest BCUT2D eigenvalue weighted by molar-refractivity contribution is 5.70. The van der Waals surface area contributed by atoms with Gasteiger partial charge in [0.2, 0.25) is 0 Å². The molecule has 0 saturated heterocycles. The zero-order valence-corrected chi connectivity index (χ0v) is 10.1. The van der Waals surface area contributed by atoms with Gasteiger partial charge in [0.05, 0.1) is 5.70 Å². The number of aliphatic imine (C=N–C) groups is 1. The van der Waals surface area contributed by atoms with Gasteiger partial charge in [0, 0.05) is 24.7 Å². The Kier molecular flexibility index (Phi) is 3.95. The van der Waals surface area contributed by atoms with Gasteiger partial charge in [0.15, 0.2) is 0 Å². The third-order valence-corrected chi connectivity index (χ3v) is 2.19. The molecule has 2 N–H and O–H groups in total. The third kappa shape index (κ3) is 3.11. The molecule has 0 fully saturated rings. The molecule has 0 bridgehead atoms. The van der Waals surface area contributed by atoms with Gasteiger partial charge in [-0.25, -0.2) is 4.99 Å². The van der Waals surface area contributed by atoms with Crippen molar-refractivity contribution in [1.82, 2.24) is 10.6 Å². The van der Waals surface area contributed by atoms with Crippen molar-refractivity contribution >= 4 is 6.21 Å². The van der Waals surface area contributed by atoms with Crippen LogP contribution in [-0.4, -0.2) is 19.3 Å². The minimum atomic E-state index is 0.0562. The predicted molar refractivity (Wildman–Crippen MR) is 65.8 cm³/mol. The van der Waals surface area contributed by atoms with E-state index < -0.39 is 0 Å². The lowest BCUT2D eigenvalue weighted by Crippen LogP contribution is -2.33. The number of nitrogens with one attached hydrogen (secondary N) is 2. The highest BCUT2D eigenvalue weighted by Crippen LogP contribution is 2.20. The first-order valence-corrected chi connectivity index (χ1v) is 5.64. The molecule has 84 valence electrons. The second-order valence-electron chi connectivity index (χ2n) is 4.03. The molecule has 0 aliphatic carbocycles. The topological polar surface area (TPSA) is 36.4 Å². The maximum atomic E-state index is 4.42. The van der Waals surface area contributed by atoms with Crippen LogP contribution in [-0.2, 0) is 0 Å². The Morgan fingerprint density at radius 3 is 2.60 bits per heavy atom. The Labute approximate surface area is 92.4 Å². The minimum absolute atomic E-state index is 0.0562. The first-order chi connectivity index (χ1) is 7.17. The van der Waals surface area contributed by atoms with Crippen LogP contribution in [0, 0.1) is 5.41 Å². The molecular formula is C12H21N3. The summed E-state index contributed by atoms with van der Waals surface area (Å²) in [6.45, 7) is 10.2. The average molecular weight is 207 g/mol. The Hall–Kier alpha value is -1.25.